The Labute approximate surface area is 108 Å². The molecule has 0 saturated heterocycles. The SMILES string of the molecule is COC(=O)C(C)Nc1cc(Br)nc(C2CC2)n1. The predicted octanol–water partition coefficient (Wildman–Crippen LogP) is 2.09. The molecule has 1 fully saturated rings. The first-order valence-corrected chi connectivity index (χ1v) is 6.28. The molecule has 0 aromatic carbocycles. The second-order valence-electron chi connectivity index (χ2n) is 4.10. The maximum Gasteiger partial charge on any atom is 0.328 e. The summed E-state index contributed by atoms with van der Waals surface area (Å²) in [5.74, 6) is 1.64. The molecule has 1 aliphatic carbocycles. The van der Waals surface area contributed by atoms with Crippen molar-refractivity contribution in [1.82, 2.24) is 9.97 Å². The fraction of sp³-hybridized carbons (Fsp3) is 0.545. The normalized spacial score (nSPS) is 16.4. The molecule has 1 heterocycles. The molecule has 0 amide bonds. The van der Waals surface area contributed by atoms with Gasteiger partial charge in [0.25, 0.3) is 0 Å². The van der Waals surface area contributed by atoms with E-state index in [-0.39, 0.29) is 5.97 Å². The van der Waals surface area contributed by atoms with Gasteiger partial charge in [-0.25, -0.2) is 14.8 Å². The Morgan fingerprint density at radius 1 is 1.59 bits per heavy atom. The van der Waals surface area contributed by atoms with Gasteiger partial charge in [-0.1, -0.05) is 0 Å². The second-order valence-corrected chi connectivity index (χ2v) is 4.91. The van der Waals surface area contributed by atoms with E-state index in [1.807, 2.05) is 0 Å². The van der Waals surface area contributed by atoms with Crippen molar-refractivity contribution in [1.29, 1.82) is 0 Å². The average molecular weight is 300 g/mol. The number of rotatable bonds is 4. The van der Waals surface area contributed by atoms with Crippen molar-refractivity contribution in [2.75, 3.05) is 12.4 Å². The van der Waals surface area contributed by atoms with Crippen LogP contribution in [0.4, 0.5) is 5.82 Å². The fourth-order valence-corrected chi connectivity index (χ4v) is 1.89. The maximum atomic E-state index is 11.3. The van der Waals surface area contributed by atoms with Crippen molar-refractivity contribution in [2.45, 2.75) is 31.7 Å². The number of hydrogen-bond donors (Lipinski definition) is 1. The number of esters is 1. The lowest BCUT2D eigenvalue weighted by atomic mass is 10.3. The van der Waals surface area contributed by atoms with E-state index >= 15 is 0 Å². The summed E-state index contributed by atoms with van der Waals surface area (Å²) in [5, 5.41) is 3.00. The zero-order valence-corrected chi connectivity index (χ0v) is 11.3. The Balaban J connectivity index is 2.12. The largest absolute Gasteiger partial charge is 0.467 e. The lowest BCUT2D eigenvalue weighted by Gasteiger charge is -2.12. The van der Waals surface area contributed by atoms with Crippen LogP contribution in [0.15, 0.2) is 10.7 Å². The van der Waals surface area contributed by atoms with Gasteiger partial charge in [0.1, 0.15) is 22.3 Å². The predicted molar refractivity (Wildman–Crippen MR) is 66.8 cm³/mol. The number of aromatic nitrogens is 2. The van der Waals surface area contributed by atoms with Crippen LogP contribution in [0.3, 0.4) is 0 Å². The highest BCUT2D eigenvalue weighted by molar-refractivity contribution is 9.10. The van der Waals surface area contributed by atoms with Gasteiger partial charge in [0.2, 0.25) is 0 Å². The van der Waals surface area contributed by atoms with E-state index in [0.717, 1.165) is 23.3 Å². The third-order valence-corrected chi connectivity index (χ3v) is 2.98. The zero-order valence-electron chi connectivity index (χ0n) is 9.74. The van der Waals surface area contributed by atoms with Crippen LogP contribution in [0.1, 0.15) is 31.5 Å². The van der Waals surface area contributed by atoms with E-state index in [1.54, 1.807) is 13.0 Å². The standard InChI is InChI=1S/C11H14BrN3O2/c1-6(11(16)17-2)13-9-5-8(12)14-10(15-9)7-3-4-7/h5-7H,3-4H2,1-2H3,(H,13,14,15). The lowest BCUT2D eigenvalue weighted by molar-refractivity contribution is -0.141. The molecule has 6 heteroatoms. The van der Waals surface area contributed by atoms with Crippen LogP contribution in [0.25, 0.3) is 0 Å². The van der Waals surface area contributed by atoms with Gasteiger partial charge in [0, 0.05) is 12.0 Å². The molecule has 0 aliphatic heterocycles. The monoisotopic (exact) mass is 299 g/mol. The molecule has 5 nitrogen and oxygen atoms in total. The summed E-state index contributed by atoms with van der Waals surface area (Å²) in [6, 6.07) is 1.33. The Bertz CT molecular complexity index is 435. The first-order chi connectivity index (χ1) is 8.10. The number of carbonyl (C=O) groups excluding carboxylic acids is 1. The molecule has 2 rings (SSSR count). The number of carbonyl (C=O) groups is 1. The van der Waals surface area contributed by atoms with E-state index in [9.17, 15) is 4.79 Å². The van der Waals surface area contributed by atoms with E-state index in [1.165, 1.54) is 7.11 Å². The Kier molecular flexibility index (Phi) is 3.61. The molecule has 0 spiro atoms. The van der Waals surface area contributed by atoms with Gasteiger partial charge in [0.05, 0.1) is 7.11 Å². The van der Waals surface area contributed by atoms with Gasteiger partial charge in [-0.3, -0.25) is 0 Å². The summed E-state index contributed by atoms with van der Waals surface area (Å²) in [7, 11) is 1.37. The summed E-state index contributed by atoms with van der Waals surface area (Å²) < 4.78 is 5.38. The number of halogens is 1. The number of nitrogens with zero attached hydrogens (tertiary/aromatic N) is 2. The van der Waals surface area contributed by atoms with Crippen LogP contribution in [0.5, 0.6) is 0 Å². The van der Waals surface area contributed by atoms with Gasteiger partial charge < -0.3 is 10.1 Å². The highest BCUT2D eigenvalue weighted by Gasteiger charge is 2.27. The van der Waals surface area contributed by atoms with Gasteiger partial charge in [-0.05, 0) is 35.7 Å². The highest BCUT2D eigenvalue weighted by Crippen LogP contribution is 2.38. The van der Waals surface area contributed by atoms with Crippen molar-refractivity contribution in [3.63, 3.8) is 0 Å². The van der Waals surface area contributed by atoms with Gasteiger partial charge in [0.15, 0.2) is 0 Å². The molecule has 0 bridgehead atoms. The van der Waals surface area contributed by atoms with E-state index < -0.39 is 6.04 Å². The minimum absolute atomic E-state index is 0.312. The minimum atomic E-state index is -0.422. The molecule has 1 N–H and O–H groups in total. The molecule has 92 valence electrons. The van der Waals surface area contributed by atoms with E-state index in [2.05, 4.69) is 36.0 Å². The fourth-order valence-electron chi connectivity index (χ4n) is 1.49. The number of nitrogens with one attached hydrogen (secondary N) is 1. The summed E-state index contributed by atoms with van der Waals surface area (Å²) in [5.41, 5.74) is 0. The van der Waals surface area contributed by atoms with E-state index in [4.69, 9.17) is 0 Å². The van der Waals surface area contributed by atoms with Gasteiger partial charge >= 0.3 is 5.97 Å². The molecule has 1 atom stereocenters. The topological polar surface area (TPSA) is 64.1 Å². The second kappa shape index (κ2) is 5.00. The molecule has 1 aliphatic rings. The quantitative estimate of drug-likeness (QED) is 0.681. The van der Waals surface area contributed by atoms with Crippen LogP contribution in [0.2, 0.25) is 0 Å². The number of hydrogen-bond acceptors (Lipinski definition) is 5. The lowest BCUT2D eigenvalue weighted by Crippen LogP contribution is -2.27. The molecular formula is C11H14BrN3O2. The van der Waals surface area contributed by atoms with Crippen molar-refractivity contribution in [2.24, 2.45) is 0 Å². The maximum absolute atomic E-state index is 11.3. The number of methoxy groups -OCH3 is 1. The first-order valence-electron chi connectivity index (χ1n) is 5.49. The molecule has 1 aromatic heterocycles. The molecule has 17 heavy (non-hydrogen) atoms. The third-order valence-electron chi connectivity index (χ3n) is 2.57. The molecule has 1 saturated carbocycles. The van der Waals surface area contributed by atoms with Crippen LogP contribution >= 0.6 is 15.9 Å². The molecule has 0 radical (unpaired) electrons. The summed E-state index contributed by atoms with van der Waals surface area (Å²) in [4.78, 5) is 20.0. The van der Waals surface area contributed by atoms with Crippen molar-refractivity contribution < 1.29 is 9.53 Å². The molecular weight excluding hydrogens is 286 g/mol. The van der Waals surface area contributed by atoms with Crippen LogP contribution in [0, 0.1) is 0 Å². The van der Waals surface area contributed by atoms with Crippen molar-refractivity contribution >= 4 is 27.7 Å². The van der Waals surface area contributed by atoms with Crippen molar-refractivity contribution in [3.05, 3.63) is 16.5 Å². The molecule has 1 unspecified atom stereocenters. The average Bonchev–Trinajstić information content (AvgIpc) is 3.10. The van der Waals surface area contributed by atoms with Gasteiger partial charge in [-0.15, -0.1) is 0 Å². The van der Waals surface area contributed by atoms with Crippen molar-refractivity contribution in [3.8, 4) is 0 Å². The smallest absolute Gasteiger partial charge is 0.328 e. The van der Waals surface area contributed by atoms with Crippen LogP contribution in [-0.2, 0) is 9.53 Å². The zero-order chi connectivity index (χ0) is 12.4. The summed E-state index contributed by atoms with van der Waals surface area (Å²) >= 11 is 3.35. The number of anilines is 1. The number of ether oxygens (including phenoxy) is 1. The first kappa shape index (κ1) is 12.3. The Morgan fingerprint density at radius 2 is 2.29 bits per heavy atom. The Morgan fingerprint density at radius 3 is 2.88 bits per heavy atom. The minimum Gasteiger partial charge on any atom is -0.467 e. The molecule has 1 aromatic rings. The van der Waals surface area contributed by atoms with Crippen LogP contribution < -0.4 is 5.32 Å². The van der Waals surface area contributed by atoms with E-state index in [0.29, 0.717) is 11.7 Å². The Hall–Kier alpha value is -1.17. The third kappa shape index (κ3) is 3.15. The van der Waals surface area contributed by atoms with Crippen LogP contribution in [-0.4, -0.2) is 29.1 Å². The highest BCUT2D eigenvalue weighted by atomic mass is 79.9. The summed E-state index contributed by atoms with van der Waals surface area (Å²) in [6.45, 7) is 1.73. The summed E-state index contributed by atoms with van der Waals surface area (Å²) in [6.07, 6.45) is 2.28. The van der Waals surface area contributed by atoms with Gasteiger partial charge in [-0.2, -0.15) is 0 Å².